The van der Waals surface area contributed by atoms with Gasteiger partial charge in [0.1, 0.15) is 9.84 Å². The van der Waals surface area contributed by atoms with E-state index < -0.39 is 9.84 Å². The highest BCUT2D eigenvalue weighted by molar-refractivity contribution is 7.90. The van der Waals surface area contributed by atoms with Gasteiger partial charge >= 0.3 is 6.03 Å². The molecule has 2 aliphatic rings. The van der Waals surface area contributed by atoms with Crippen LogP contribution in [0.15, 0.2) is 6.20 Å². The van der Waals surface area contributed by atoms with Gasteiger partial charge in [-0.05, 0) is 31.6 Å². The Kier molecular flexibility index (Phi) is 5.89. The van der Waals surface area contributed by atoms with E-state index in [4.69, 9.17) is 0 Å². The first-order valence-electron chi connectivity index (χ1n) is 9.59. The smallest absolute Gasteiger partial charge is 0.321 e. The number of carbonyl (C=O) groups is 1. The first kappa shape index (κ1) is 19.2. The zero-order valence-electron chi connectivity index (χ0n) is 15.8. The summed E-state index contributed by atoms with van der Waals surface area (Å²) in [5.41, 5.74) is 1.79. The van der Waals surface area contributed by atoms with Gasteiger partial charge in [-0.3, -0.25) is 4.68 Å². The summed E-state index contributed by atoms with van der Waals surface area (Å²) >= 11 is 0. The number of sulfone groups is 1. The molecule has 3 rings (SSSR count). The molecule has 1 atom stereocenters. The van der Waals surface area contributed by atoms with Crippen LogP contribution in [-0.2, 0) is 16.9 Å². The third-order valence-corrected chi connectivity index (χ3v) is 6.51. The molecule has 1 aromatic rings. The van der Waals surface area contributed by atoms with Gasteiger partial charge < -0.3 is 10.2 Å². The van der Waals surface area contributed by atoms with E-state index >= 15 is 0 Å². The number of urea groups is 1. The van der Waals surface area contributed by atoms with E-state index in [1.807, 2.05) is 13.2 Å². The predicted molar refractivity (Wildman–Crippen MR) is 102 cm³/mol. The van der Waals surface area contributed by atoms with Crippen LogP contribution >= 0.6 is 0 Å². The monoisotopic (exact) mass is 382 g/mol. The molecule has 7 nitrogen and oxygen atoms in total. The zero-order valence-corrected chi connectivity index (χ0v) is 16.6. The molecule has 1 aromatic heterocycles. The van der Waals surface area contributed by atoms with E-state index in [1.165, 1.54) is 25.5 Å². The number of carbonyl (C=O) groups excluding carboxylic acids is 1. The maximum absolute atomic E-state index is 12.8. The van der Waals surface area contributed by atoms with E-state index in [2.05, 4.69) is 10.4 Å². The highest BCUT2D eigenvalue weighted by Gasteiger charge is 2.28. The van der Waals surface area contributed by atoms with Gasteiger partial charge in [-0.2, -0.15) is 5.10 Å². The number of rotatable bonds is 4. The Balaban J connectivity index is 1.66. The van der Waals surface area contributed by atoms with Crippen LogP contribution in [0, 0.1) is 5.92 Å². The standard InChI is InChI=1S/C18H30N4O3S/c1-21-12-16(17(20-21)15-8-4-3-5-9-15)19-18(23)22-10-6-7-14(11-22)13-26(2,24)25/h12,14-15H,3-11,13H2,1-2H3,(H,19,23). The summed E-state index contributed by atoms with van der Waals surface area (Å²) < 4.78 is 24.9. The van der Waals surface area contributed by atoms with Gasteiger partial charge in [-0.1, -0.05) is 19.3 Å². The van der Waals surface area contributed by atoms with E-state index in [-0.39, 0.29) is 17.7 Å². The molecule has 1 N–H and O–H groups in total. The van der Waals surface area contributed by atoms with Crippen LogP contribution in [0.1, 0.15) is 56.6 Å². The molecule has 146 valence electrons. The minimum atomic E-state index is -3.02. The summed E-state index contributed by atoms with van der Waals surface area (Å²) in [6.07, 6.45) is 10.8. The highest BCUT2D eigenvalue weighted by atomic mass is 32.2. The largest absolute Gasteiger partial charge is 0.324 e. The molecular weight excluding hydrogens is 352 g/mol. The normalized spacial score (nSPS) is 22.4. The van der Waals surface area contributed by atoms with Crippen molar-refractivity contribution < 1.29 is 13.2 Å². The van der Waals surface area contributed by atoms with Crippen LogP contribution < -0.4 is 5.32 Å². The predicted octanol–water partition coefficient (Wildman–Crippen LogP) is 2.76. The van der Waals surface area contributed by atoms with Crippen LogP contribution in [0.5, 0.6) is 0 Å². The average molecular weight is 383 g/mol. The first-order valence-corrected chi connectivity index (χ1v) is 11.6. The molecule has 0 radical (unpaired) electrons. The Morgan fingerprint density at radius 2 is 1.96 bits per heavy atom. The molecule has 1 saturated heterocycles. The van der Waals surface area contributed by atoms with Crippen LogP contribution in [0.25, 0.3) is 0 Å². The summed E-state index contributed by atoms with van der Waals surface area (Å²) in [5, 5.41) is 7.64. The van der Waals surface area contributed by atoms with Crippen molar-refractivity contribution in [3.05, 3.63) is 11.9 Å². The van der Waals surface area contributed by atoms with Crippen molar-refractivity contribution in [1.82, 2.24) is 14.7 Å². The Bertz CT molecular complexity index is 738. The number of nitrogens with one attached hydrogen (secondary N) is 1. The lowest BCUT2D eigenvalue weighted by molar-refractivity contribution is 0.183. The van der Waals surface area contributed by atoms with Crippen molar-refractivity contribution in [2.24, 2.45) is 13.0 Å². The second-order valence-electron chi connectivity index (χ2n) is 7.91. The van der Waals surface area contributed by atoms with Gasteiger partial charge in [-0.25, -0.2) is 13.2 Å². The number of amides is 2. The number of nitrogens with zero attached hydrogens (tertiary/aromatic N) is 3. The van der Waals surface area contributed by atoms with E-state index in [1.54, 1.807) is 9.58 Å². The lowest BCUT2D eigenvalue weighted by Crippen LogP contribution is -2.44. The number of aromatic nitrogens is 2. The van der Waals surface area contributed by atoms with Gasteiger partial charge in [0.05, 0.1) is 17.1 Å². The van der Waals surface area contributed by atoms with Gasteiger partial charge in [0.2, 0.25) is 0 Å². The molecule has 1 unspecified atom stereocenters. The molecule has 1 aliphatic heterocycles. The SMILES string of the molecule is Cn1cc(NC(=O)N2CCCC(CS(C)(=O)=O)C2)c(C2CCCCC2)n1. The lowest BCUT2D eigenvalue weighted by Gasteiger charge is -2.32. The molecule has 2 fully saturated rings. The summed E-state index contributed by atoms with van der Waals surface area (Å²) in [6, 6.07) is -0.145. The minimum Gasteiger partial charge on any atom is -0.324 e. The minimum absolute atomic E-state index is 0.0243. The highest BCUT2D eigenvalue weighted by Crippen LogP contribution is 2.35. The summed E-state index contributed by atoms with van der Waals surface area (Å²) in [4.78, 5) is 14.5. The van der Waals surface area contributed by atoms with E-state index in [0.29, 0.717) is 19.0 Å². The molecule has 8 heteroatoms. The molecule has 2 heterocycles. The van der Waals surface area contributed by atoms with Crippen LogP contribution in [0.3, 0.4) is 0 Å². The van der Waals surface area contributed by atoms with Gasteiger partial charge in [-0.15, -0.1) is 0 Å². The summed E-state index contributed by atoms with van der Waals surface area (Å²) in [7, 11) is -1.14. The van der Waals surface area contributed by atoms with Gasteiger partial charge in [0, 0.05) is 38.5 Å². The van der Waals surface area contributed by atoms with Gasteiger partial charge in [0.25, 0.3) is 0 Å². The number of piperidine rings is 1. The second kappa shape index (κ2) is 7.98. The summed E-state index contributed by atoms with van der Waals surface area (Å²) in [5.74, 6) is 0.590. The Morgan fingerprint density at radius 3 is 2.65 bits per heavy atom. The fourth-order valence-electron chi connectivity index (χ4n) is 4.29. The Hall–Kier alpha value is -1.57. The molecule has 1 aliphatic carbocycles. The lowest BCUT2D eigenvalue weighted by atomic mass is 9.86. The van der Waals surface area contributed by atoms with Crippen molar-refractivity contribution in [2.45, 2.75) is 50.9 Å². The second-order valence-corrected chi connectivity index (χ2v) is 10.1. The third kappa shape index (κ3) is 4.99. The first-order chi connectivity index (χ1) is 12.3. The van der Waals surface area contributed by atoms with E-state index in [0.717, 1.165) is 37.1 Å². The number of aryl methyl sites for hydroxylation is 1. The Morgan fingerprint density at radius 1 is 1.23 bits per heavy atom. The molecule has 0 bridgehead atoms. The number of likely N-dealkylation sites (tertiary alicyclic amines) is 1. The van der Waals surface area contributed by atoms with Gasteiger partial charge in [0.15, 0.2) is 0 Å². The molecule has 2 amide bonds. The topological polar surface area (TPSA) is 84.3 Å². The van der Waals surface area contributed by atoms with Crippen LogP contribution in [0.4, 0.5) is 10.5 Å². The quantitative estimate of drug-likeness (QED) is 0.868. The number of hydrogen-bond acceptors (Lipinski definition) is 4. The molecule has 0 aromatic carbocycles. The van der Waals surface area contributed by atoms with Crippen molar-refractivity contribution in [3.8, 4) is 0 Å². The maximum atomic E-state index is 12.8. The fraction of sp³-hybridized carbons (Fsp3) is 0.778. The van der Waals surface area contributed by atoms with Crippen LogP contribution in [-0.4, -0.2) is 54.2 Å². The third-order valence-electron chi connectivity index (χ3n) is 5.44. The number of anilines is 1. The molecule has 0 spiro atoms. The van der Waals surface area contributed by atoms with Crippen molar-refractivity contribution in [2.75, 3.05) is 30.4 Å². The number of hydrogen-bond donors (Lipinski definition) is 1. The maximum Gasteiger partial charge on any atom is 0.321 e. The average Bonchev–Trinajstić information content (AvgIpc) is 2.94. The van der Waals surface area contributed by atoms with Crippen molar-refractivity contribution >= 4 is 21.6 Å². The van der Waals surface area contributed by atoms with Crippen molar-refractivity contribution in [3.63, 3.8) is 0 Å². The van der Waals surface area contributed by atoms with Crippen molar-refractivity contribution in [1.29, 1.82) is 0 Å². The molecular formula is C18H30N4O3S. The van der Waals surface area contributed by atoms with Crippen LogP contribution in [0.2, 0.25) is 0 Å². The Labute approximate surface area is 156 Å². The zero-order chi connectivity index (χ0) is 18.7. The van der Waals surface area contributed by atoms with E-state index in [9.17, 15) is 13.2 Å². The summed E-state index contributed by atoms with van der Waals surface area (Å²) in [6.45, 7) is 1.17. The molecule has 1 saturated carbocycles. The molecule has 26 heavy (non-hydrogen) atoms. The fourth-order valence-corrected chi connectivity index (χ4v) is 5.42.